The zero-order valence-corrected chi connectivity index (χ0v) is 23.7. The summed E-state index contributed by atoms with van der Waals surface area (Å²) in [4.78, 5) is 47.4. The number of aryl methyl sites for hydroxylation is 1. The summed E-state index contributed by atoms with van der Waals surface area (Å²) in [6.45, 7) is 9.68. The molecule has 1 rings (SSSR count). The Labute approximate surface area is 219 Å². The molecule has 186 valence electrons. The van der Waals surface area contributed by atoms with E-state index in [2.05, 4.69) is 23.8 Å². The summed E-state index contributed by atoms with van der Waals surface area (Å²) < 4.78 is 0. The molecule has 0 bridgehead atoms. The van der Waals surface area contributed by atoms with Crippen LogP contribution in [0.25, 0.3) is 0 Å². The standard InChI is InChI=1S/C9H6N2O2.2C8H16O2.Sn/c1-7-2-3-8(10-5-12)4-9(7)11-6-13;2*1-3-5-6-7(4-2)8(9)10;/h2-4H,1H3;2*7H,3-6H2,1-2H3,(H,9,10);/q;;;+2/p-2. The summed E-state index contributed by atoms with van der Waals surface area (Å²) in [5.41, 5.74) is 1.72. The number of carboxylic acid groups (broad SMARTS) is 2. The van der Waals surface area contributed by atoms with E-state index in [0.29, 0.717) is 24.2 Å². The average Bonchev–Trinajstić information content (AvgIpc) is 2.78. The fourth-order valence-electron chi connectivity index (χ4n) is 2.77. The van der Waals surface area contributed by atoms with Gasteiger partial charge in [0.1, 0.15) is 0 Å². The molecule has 0 aliphatic rings. The first-order valence-corrected chi connectivity index (χ1v) is 11.4. The maximum absolute atomic E-state index is 10.3. The Balaban J connectivity index is -0.000000424. The van der Waals surface area contributed by atoms with Gasteiger partial charge in [0.25, 0.3) is 0 Å². The van der Waals surface area contributed by atoms with Crippen LogP contribution < -0.4 is 10.2 Å². The van der Waals surface area contributed by atoms with E-state index in [9.17, 15) is 29.4 Å². The number of rotatable bonds is 12. The number of nitrogens with zero attached hydrogens (tertiary/aromatic N) is 2. The number of aliphatic carboxylic acids is 2. The van der Waals surface area contributed by atoms with Crippen LogP contribution in [-0.2, 0) is 19.2 Å². The van der Waals surface area contributed by atoms with Gasteiger partial charge < -0.3 is 19.8 Å². The summed E-state index contributed by atoms with van der Waals surface area (Å²) in [5, 5.41) is 20.7. The molecule has 8 nitrogen and oxygen atoms in total. The van der Waals surface area contributed by atoms with Gasteiger partial charge in [0, 0.05) is 11.9 Å². The minimum absolute atomic E-state index is 0. The van der Waals surface area contributed by atoms with Crippen molar-refractivity contribution in [2.75, 3.05) is 0 Å². The summed E-state index contributed by atoms with van der Waals surface area (Å²) in [5.74, 6) is -2.23. The Morgan fingerprint density at radius 2 is 1.29 bits per heavy atom. The van der Waals surface area contributed by atoms with Gasteiger partial charge in [0.2, 0.25) is 12.2 Å². The molecular formula is C25H36N2O6Sn. The minimum Gasteiger partial charge on any atom is -0.550 e. The molecule has 34 heavy (non-hydrogen) atoms. The van der Waals surface area contributed by atoms with E-state index in [4.69, 9.17) is 0 Å². The van der Waals surface area contributed by atoms with Crippen molar-refractivity contribution < 1.29 is 29.4 Å². The van der Waals surface area contributed by atoms with E-state index in [1.54, 1.807) is 19.1 Å². The first-order chi connectivity index (χ1) is 15.7. The van der Waals surface area contributed by atoms with Crippen molar-refractivity contribution in [3.8, 4) is 0 Å². The van der Waals surface area contributed by atoms with Gasteiger partial charge in [-0.05, 0) is 62.1 Å². The van der Waals surface area contributed by atoms with Gasteiger partial charge in [-0.1, -0.05) is 59.4 Å². The zero-order chi connectivity index (χ0) is 25.6. The van der Waals surface area contributed by atoms with E-state index in [-0.39, 0.29) is 35.7 Å². The van der Waals surface area contributed by atoms with Crippen LogP contribution in [-0.4, -0.2) is 48.0 Å². The van der Waals surface area contributed by atoms with Crippen molar-refractivity contribution in [1.82, 2.24) is 0 Å². The average molecular weight is 579 g/mol. The third kappa shape index (κ3) is 18.2. The van der Waals surface area contributed by atoms with Crippen LogP contribution in [0.5, 0.6) is 0 Å². The van der Waals surface area contributed by atoms with Crippen molar-refractivity contribution in [2.45, 2.75) is 86.0 Å². The summed E-state index contributed by atoms with van der Waals surface area (Å²) in [6, 6.07) is 4.88. The van der Waals surface area contributed by atoms with Crippen molar-refractivity contribution in [3.63, 3.8) is 0 Å². The molecule has 0 N–H and O–H groups in total. The second-order valence-electron chi connectivity index (χ2n) is 7.51. The van der Waals surface area contributed by atoms with Gasteiger partial charge in [-0.2, -0.15) is 9.98 Å². The molecule has 0 spiro atoms. The van der Waals surface area contributed by atoms with E-state index in [1.165, 1.54) is 18.2 Å². The van der Waals surface area contributed by atoms with Crippen molar-refractivity contribution in [2.24, 2.45) is 21.8 Å². The third-order valence-electron chi connectivity index (χ3n) is 5.00. The number of carbonyl (C=O) groups is 2. The fraction of sp³-hybridized carbons (Fsp3) is 0.600. The van der Waals surface area contributed by atoms with Crippen LogP contribution in [0.15, 0.2) is 28.2 Å². The van der Waals surface area contributed by atoms with Gasteiger partial charge in [-0.3, -0.25) is 0 Å². The molecule has 0 heterocycles. The first kappa shape index (κ1) is 36.3. The molecular weight excluding hydrogens is 543 g/mol. The van der Waals surface area contributed by atoms with Gasteiger partial charge in [0.05, 0.1) is 11.4 Å². The van der Waals surface area contributed by atoms with E-state index < -0.39 is 11.9 Å². The summed E-state index contributed by atoms with van der Waals surface area (Å²) >= 11 is 0. The second-order valence-corrected chi connectivity index (χ2v) is 7.51. The molecule has 0 saturated heterocycles. The number of carboxylic acids is 2. The maximum atomic E-state index is 10.3. The predicted octanol–water partition coefficient (Wildman–Crippen LogP) is 3.45. The molecule has 1 aromatic carbocycles. The van der Waals surface area contributed by atoms with Gasteiger partial charge in [0.15, 0.2) is 0 Å². The molecule has 0 fully saturated rings. The number of unbranched alkanes of at least 4 members (excludes halogenated alkanes) is 2. The number of hydrogen-bond donors (Lipinski definition) is 0. The molecule has 0 aliphatic carbocycles. The number of aliphatic imine (C=N–C) groups is 2. The molecule has 1 aromatic rings. The Kier molecular flexibility index (Phi) is 25.5. The normalized spacial score (nSPS) is 10.9. The summed E-state index contributed by atoms with van der Waals surface area (Å²) in [6.07, 6.45) is 9.88. The van der Waals surface area contributed by atoms with E-state index >= 15 is 0 Å². The Bertz CT molecular complexity index is 777. The molecule has 2 radical (unpaired) electrons. The minimum atomic E-state index is -0.893. The maximum Gasteiger partial charge on any atom is 2.00 e. The smallest absolute Gasteiger partial charge is 0.550 e. The Morgan fingerprint density at radius 3 is 1.62 bits per heavy atom. The van der Waals surface area contributed by atoms with Crippen LogP contribution in [0.4, 0.5) is 11.4 Å². The van der Waals surface area contributed by atoms with E-state index in [0.717, 1.165) is 44.1 Å². The van der Waals surface area contributed by atoms with Crippen molar-refractivity contribution in [3.05, 3.63) is 23.8 Å². The SMILES string of the molecule is CCCCC(CC)C(=O)[O-].CCCCC(CC)C(=O)[O-].Cc1ccc(N=C=O)cc1N=C=O.[Sn+2]. The third-order valence-corrected chi connectivity index (χ3v) is 5.00. The van der Waals surface area contributed by atoms with Crippen LogP contribution in [0, 0.1) is 18.8 Å². The van der Waals surface area contributed by atoms with Gasteiger partial charge in [-0.25, -0.2) is 9.59 Å². The fourth-order valence-corrected chi connectivity index (χ4v) is 2.77. The first-order valence-electron chi connectivity index (χ1n) is 11.4. The molecule has 0 amide bonds. The monoisotopic (exact) mass is 580 g/mol. The number of isocyanates is 2. The van der Waals surface area contributed by atoms with Crippen LogP contribution in [0.1, 0.15) is 84.6 Å². The van der Waals surface area contributed by atoms with Gasteiger partial charge >= 0.3 is 23.9 Å². The predicted molar refractivity (Wildman–Crippen MR) is 129 cm³/mol. The van der Waals surface area contributed by atoms with Gasteiger partial charge in [-0.15, -0.1) is 0 Å². The van der Waals surface area contributed by atoms with Crippen molar-refractivity contribution in [1.29, 1.82) is 0 Å². The van der Waals surface area contributed by atoms with Crippen LogP contribution >= 0.6 is 0 Å². The molecule has 0 aliphatic heterocycles. The van der Waals surface area contributed by atoms with E-state index in [1.807, 2.05) is 13.8 Å². The topological polar surface area (TPSA) is 139 Å². The van der Waals surface area contributed by atoms with Crippen LogP contribution in [0.3, 0.4) is 0 Å². The number of hydrogen-bond acceptors (Lipinski definition) is 8. The number of benzene rings is 1. The van der Waals surface area contributed by atoms with Crippen molar-refractivity contribution >= 4 is 59.4 Å². The molecule has 2 unspecified atom stereocenters. The zero-order valence-electron chi connectivity index (χ0n) is 20.9. The quantitative estimate of drug-likeness (QED) is 0.211. The Morgan fingerprint density at radius 1 is 0.853 bits per heavy atom. The van der Waals surface area contributed by atoms with Crippen LogP contribution in [0.2, 0.25) is 0 Å². The number of carbonyl (C=O) groups excluding carboxylic acids is 4. The molecule has 0 aromatic heterocycles. The summed E-state index contributed by atoms with van der Waals surface area (Å²) in [7, 11) is 0. The molecule has 9 heteroatoms. The molecule has 0 saturated carbocycles. The molecule has 2 atom stereocenters. The Hall–Kier alpha value is -2.28. The largest absolute Gasteiger partial charge is 2.00 e. The second kappa shape index (κ2) is 23.9.